The second-order valence-corrected chi connectivity index (χ2v) is 12.1. The monoisotopic (exact) mass is 478 g/mol. The zero-order chi connectivity index (χ0) is 24.7. The van der Waals surface area contributed by atoms with Gasteiger partial charge in [0.05, 0.1) is 17.4 Å². The second kappa shape index (κ2) is 9.36. The van der Waals surface area contributed by atoms with Crippen LogP contribution in [0, 0.1) is 34.5 Å². The molecule has 0 saturated heterocycles. The van der Waals surface area contributed by atoms with E-state index in [-0.39, 0.29) is 22.9 Å². The summed E-state index contributed by atoms with van der Waals surface area (Å²) in [6, 6.07) is 9.55. The van der Waals surface area contributed by atoms with Gasteiger partial charge < -0.3 is 15.9 Å². The molecule has 0 bridgehead atoms. The van der Waals surface area contributed by atoms with Gasteiger partial charge >= 0.3 is 0 Å². The zero-order valence-corrected chi connectivity index (χ0v) is 21.2. The Labute approximate surface area is 209 Å². The number of nitrogens with two attached hydrogens (primary N) is 1. The molecule has 1 aromatic rings. The number of fused-ring (bicyclic) bond motifs is 5. The number of allylic oxidation sites excluding steroid dienone is 2. The lowest BCUT2D eigenvalue weighted by molar-refractivity contribution is -0.207. The standard InChI is InChI=1S/C29H42N4O2/c1-27-15-13-23(34)19-21(27)10-11-25-24(27)14-16-28(2)20(12-17-29(25,28)35)7-6-18-31-33-26(30)32-22-8-4-3-5-9-22/h3-9,18,20-21,23-25,34-35H,10-17,19H2,1-2H3,(H3,30,32,33)/b7-6+,31-18+/t20-,21+,23-,24-,25+,27-,28+,29-/m0/s1. The highest BCUT2D eigenvalue weighted by molar-refractivity contribution is 5.82. The molecule has 0 aromatic heterocycles. The molecule has 0 aliphatic heterocycles. The highest BCUT2D eigenvalue weighted by atomic mass is 16.3. The average Bonchev–Trinajstić information content (AvgIpc) is 3.10. The van der Waals surface area contributed by atoms with Gasteiger partial charge in [0.2, 0.25) is 5.96 Å². The van der Waals surface area contributed by atoms with E-state index in [0.29, 0.717) is 23.7 Å². The molecule has 0 radical (unpaired) electrons. The molecule has 6 heteroatoms. The van der Waals surface area contributed by atoms with E-state index in [1.54, 1.807) is 6.21 Å². The average molecular weight is 479 g/mol. The van der Waals surface area contributed by atoms with Crippen molar-refractivity contribution in [1.82, 2.24) is 5.43 Å². The fraction of sp³-hybridized carbons (Fsp3) is 0.655. The fourth-order valence-corrected chi connectivity index (χ4v) is 8.55. The van der Waals surface area contributed by atoms with Crippen LogP contribution in [0.25, 0.3) is 0 Å². The van der Waals surface area contributed by atoms with Crippen molar-refractivity contribution >= 4 is 17.9 Å². The molecule has 4 saturated carbocycles. The molecule has 4 aliphatic carbocycles. The van der Waals surface area contributed by atoms with E-state index in [0.717, 1.165) is 57.1 Å². The van der Waals surface area contributed by atoms with Crippen molar-refractivity contribution in [2.75, 3.05) is 0 Å². The van der Waals surface area contributed by atoms with E-state index < -0.39 is 5.60 Å². The minimum atomic E-state index is -0.600. The van der Waals surface area contributed by atoms with Crippen molar-refractivity contribution in [3.8, 4) is 0 Å². The molecule has 0 spiro atoms. The van der Waals surface area contributed by atoms with E-state index in [1.807, 2.05) is 36.4 Å². The summed E-state index contributed by atoms with van der Waals surface area (Å²) in [6.45, 7) is 4.79. The van der Waals surface area contributed by atoms with Crippen LogP contribution in [0.5, 0.6) is 0 Å². The Balaban J connectivity index is 1.24. The zero-order valence-electron chi connectivity index (χ0n) is 21.2. The maximum absolute atomic E-state index is 12.2. The highest BCUT2D eigenvalue weighted by Gasteiger charge is 2.66. The predicted octanol–water partition coefficient (Wildman–Crippen LogP) is 4.90. The minimum Gasteiger partial charge on any atom is -0.393 e. The van der Waals surface area contributed by atoms with Crippen LogP contribution in [-0.4, -0.2) is 34.1 Å². The number of guanidine groups is 1. The lowest BCUT2D eigenvalue weighted by atomic mass is 9.43. The van der Waals surface area contributed by atoms with Gasteiger partial charge in [0.25, 0.3) is 0 Å². The first-order valence-electron chi connectivity index (χ1n) is 13.5. The Hall–Kier alpha value is -2.18. The Morgan fingerprint density at radius 1 is 1.03 bits per heavy atom. The molecule has 8 atom stereocenters. The Bertz CT molecular complexity index is 994. The maximum atomic E-state index is 12.2. The summed E-state index contributed by atoms with van der Waals surface area (Å²) < 4.78 is 0. The van der Waals surface area contributed by atoms with E-state index in [2.05, 4.69) is 35.4 Å². The Morgan fingerprint density at radius 3 is 2.63 bits per heavy atom. The number of hydrogen-bond acceptors (Lipinski definition) is 4. The van der Waals surface area contributed by atoms with Crippen molar-refractivity contribution in [3.05, 3.63) is 42.5 Å². The van der Waals surface area contributed by atoms with Gasteiger partial charge in [-0.2, -0.15) is 5.10 Å². The van der Waals surface area contributed by atoms with Gasteiger partial charge in [0.15, 0.2) is 0 Å². The van der Waals surface area contributed by atoms with Gasteiger partial charge in [-0.05, 0) is 105 Å². The summed E-state index contributed by atoms with van der Waals surface area (Å²) in [4.78, 5) is 4.28. The molecular weight excluding hydrogens is 436 g/mol. The minimum absolute atomic E-state index is 0.100. The highest BCUT2D eigenvalue weighted by Crippen LogP contribution is 2.69. The van der Waals surface area contributed by atoms with Gasteiger partial charge in [-0.15, -0.1) is 0 Å². The summed E-state index contributed by atoms with van der Waals surface area (Å²) in [5, 5.41) is 26.7. The second-order valence-electron chi connectivity index (χ2n) is 12.1. The van der Waals surface area contributed by atoms with Crippen molar-refractivity contribution in [2.24, 2.45) is 50.3 Å². The third-order valence-corrected chi connectivity index (χ3v) is 10.6. The molecular formula is C29H42N4O2. The normalized spacial score (nSPS) is 43.7. The summed E-state index contributed by atoms with van der Waals surface area (Å²) >= 11 is 0. The van der Waals surface area contributed by atoms with Crippen LogP contribution in [-0.2, 0) is 0 Å². The third kappa shape index (κ3) is 4.23. The molecule has 1 aromatic carbocycles. The fourth-order valence-electron chi connectivity index (χ4n) is 8.55. The van der Waals surface area contributed by atoms with Crippen LogP contribution in [0.3, 0.4) is 0 Å². The van der Waals surface area contributed by atoms with Gasteiger partial charge in [-0.3, -0.25) is 0 Å². The molecule has 5 N–H and O–H groups in total. The molecule has 0 amide bonds. The van der Waals surface area contributed by atoms with Crippen molar-refractivity contribution in [1.29, 1.82) is 0 Å². The number of benzene rings is 1. The Kier molecular flexibility index (Phi) is 6.56. The van der Waals surface area contributed by atoms with Crippen LogP contribution in [0.1, 0.15) is 71.6 Å². The predicted molar refractivity (Wildman–Crippen MR) is 141 cm³/mol. The molecule has 190 valence electrons. The lowest BCUT2D eigenvalue weighted by Crippen LogP contribution is -2.62. The van der Waals surface area contributed by atoms with Gasteiger partial charge in [-0.25, -0.2) is 10.4 Å². The quantitative estimate of drug-likeness (QED) is 0.281. The number of rotatable bonds is 4. The number of hydrogen-bond donors (Lipinski definition) is 4. The Morgan fingerprint density at radius 2 is 1.83 bits per heavy atom. The van der Waals surface area contributed by atoms with E-state index in [9.17, 15) is 10.2 Å². The van der Waals surface area contributed by atoms with Gasteiger partial charge in [0.1, 0.15) is 0 Å². The molecule has 4 aliphatic rings. The first-order valence-corrected chi connectivity index (χ1v) is 13.5. The first kappa shape index (κ1) is 24.5. The number of aliphatic hydroxyl groups excluding tert-OH is 1. The smallest absolute Gasteiger partial charge is 0.214 e. The van der Waals surface area contributed by atoms with E-state index in [4.69, 9.17) is 5.73 Å². The van der Waals surface area contributed by atoms with Crippen LogP contribution in [0.15, 0.2) is 52.6 Å². The lowest BCUT2D eigenvalue weighted by Gasteiger charge is -2.63. The number of aliphatic hydroxyl groups is 2. The maximum Gasteiger partial charge on any atom is 0.214 e. The molecule has 5 rings (SSSR count). The molecule has 35 heavy (non-hydrogen) atoms. The number of hydrazone groups is 1. The van der Waals surface area contributed by atoms with Crippen molar-refractivity contribution < 1.29 is 10.2 Å². The summed E-state index contributed by atoms with van der Waals surface area (Å²) in [5.41, 5.74) is 9.05. The molecule has 6 nitrogen and oxygen atoms in total. The van der Waals surface area contributed by atoms with E-state index in [1.165, 1.54) is 6.42 Å². The first-order chi connectivity index (χ1) is 16.8. The van der Waals surface area contributed by atoms with Gasteiger partial charge in [0, 0.05) is 11.6 Å². The topological polar surface area (TPSA) is 103 Å². The SMILES string of the molecule is C[C@]12CC[C@H](O)C[C@H]1CC[C@@H]1[C@@H]2CC[C@]2(C)[C@@H](/C=C/C=N/NC(N)=Nc3ccccc3)CC[C@]12O. The van der Waals surface area contributed by atoms with Crippen LogP contribution < -0.4 is 11.2 Å². The van der Waals surface area contributed by atoms with Crippen LogP contribution in [0.4, 0.5) is 5.69 Å². The van der Waals surface area contributed by atoms with Crippen molar-refractivity contribution in [3.63, 3.8) is 0 Å². The van der Waals surface area contributed by atoms with Crippen molar-refractivity contribution in [2.45, 2.75) is 83.3 Å². The van der Waals surface area contributed by atoms with E-state index >= 15 is 0 Å². The molecule has 4 fully saturated rings. The number of nitrogens with zero attached hydrogens (tertiary/aromatic N) is 2. The third-order valence-electron chi connectivity index (χ3n) is 10.6. The number of aliphatic imine (C=N–C) groups is 1. The summed E-state index contributed by atoms with van der Waals surface area (Å²) in [6.07, 6.45) is 15.2. The molecule has 0 heterocycles. The van der Waals surface area contributed by atoms with Crippen LogP contribution in [0.2, 0.25) is 0 Å². The summed E-state index contributed by atoms with van der Waals surface area (Å²) in [7, 11) is 0. The summed E-state index contributed by atoms with van der Waals surface area (Å²) in [5.74, 6) is 2.15. The number of nitrogens with one attached hydrogen (secondary N) is 1. The van der Waals surface area contributed by atoms with Crippen LogP contribution >= 0.6 is 0 Å². The van der Waals surface area contributed by atoms with Gasteiger partial charge in [-0.1, -0.05) is 38.1 Å². The number of para-hydroxylation sites is 1. The largest absolute Gasteiger partial charge is 0.393 e. The molecule has 0 unspecified atom stereocenters.